The topological polar surface area (TPSA) is 17.8 Å². The lowest BCUT2D eigenvalue weighted by Gasteiger charge is -2.04. The molecule has 0 aliphatic carbocycles. The van der Waals surface area contributed by atoms with Gasteiger partial charge in [-0.05, 0) is 46.6 Å². The van der Waals surface area contributed by atoms with E-state index in [1.165, 1.54) is 16.8 Å². The summed E-state index contributed by atoms with van der Waals surface area (Å²) < 4.78 is 3.15. The zero-order chi connectivity index (χ0) is 12.7. The number of aromatic nitrogens is 2. The van der Waals surface area contributed by atoms with Gasteiger partial charge in [0.25, 0.3) is 0 Å². The lowest BCUT2D eigenvalue weighted by Crippen LogP contribution is -1.93. The Morgan fingerprint density at radius 1 is 1.17 bits per heavy atom. The molecule has 0 atom stereocenters. The van der Waals surface area contributed by atoms with E-state index in [1.807, 2.05) is 6.20 Å². The summed E-state index contributed by atoms with van der Waals surface area (Å²) in [7, 11) is 2.06. The van der Waals surface area contributed by atoms with Crippen LogP contribution in [0.2, 0.25) is 0 Å². The van der Waals surface area contributed by atoms with E-state index in [1.54, 1.807) is 0 Å². The summed E-state index contributed by atoms with van der Waals surface area (Å²) >= 11 is 3.46. The molecule has 2 nitrogen and oxygen atoms in total. The molecule has 2 heterocycles. The molecule has 18 heavy (non-hydrogen) atoms. The van der Waals surface area contributed by atoms with Crippen LogP contribution in [0, 0.1) is 6.92 Å². The van der Waals surface area contributed by atoms with E-state index in [4.69, 9.17) is 0 Å². The summed E-state index contributed by atoms with van der Waals surface area (Å²) in [4.78, 5) is 4.46. The van der Waals surface area contributed by atoms with Crippen LogP contribution < -0.4 is 0 Å². The van der Waals surface area contributed by atoms with Crippen LogP contribution in [-0.4, -0.2) is 9.55 Å². The largest absolute Gasteiger partial charge is 0.328 e. The lowest BCUT2D eigenvalue weighted by molar-refractivity contribution is 0.956. The molecule has 0 aliphatic rings. The molecule has 0 saturated heterocycles. The molecule has 90 valence electrons. The number of halogens is 1. The standard InChI is InChI=1S/C15H13BrN2/c1-10-4-3-5-11(6-10)14-8-12-7-13(16)9-17-15(12)18(14)2/h3-9H,1-2H3. The maximum Gasteiger partial charge on any atom is 0.140 e. The highest BCUT2D eigenvalue weighted by Gasteiger charge is 2.09. The minimum absolute atomic E-state index is 1.01. The molecule has 0 N–H and O–H groups in total. The average Bonchev–Trinajstić information content (AvgIpc) is 2.66. The normalized spacial score (nSPS) is 11.1. The molecule has 0 aliphatic heterocycles. The first-order chi connectivity index (χ1) is 8.65. The fraction of sp³-hybridized carbons (Fsp3) is 0.133. The Kier molecular flexibility index (Phi) is 2.71. The van der Waals surface area contributed by atoms with Gasteiger partial charge in [0.2, 0.25) is 0 Å². The van der Waals surface area contributed by atoms with Crippen molar-refractivity contribution in [2.24, 2.45) is 7.05 Å². The molecule has 0 amide bonds. The Morgan fingerprint density at radius 2 is 2.00 bits per heavy atom. The van der Waals surface area contributed by atoms with Crippen molar-refractivity contribution in [3.63, 3.8) is 0 Å². The van der Waals surface area contributed by atoms with Gasteiger partial charge in [-0.25, -0.2) is 4.98 Å². The number of nitrogens with zero attached hydrogens (tertiary/aromatic N) is 2. The van der Waals surface area contributed by atoms with E-state index in [2.05, 4.69) is 75.9 Å². The van der Waals surface area contributed by atoms with Crippen LogP contribution in [0.3, 0.4) is 0 Å². The van der Waals surface area contributed by atoms with Crippen molar-refractivity contribution in [2.75, 3.05) is 0 Å². The summed E-state index contributed by atoms with van der Waals surface area (Å²) in [6.07, 6.45) is 1.84. The Labute approximate surface area is 114 Å². The number of hydrogen-bond donors (Lipinski definition) is 0. The minimum Gasteiger partial charge on any atom is -0.328 e. The second-order valence-electron chi connectivity index (χ2n) is 4.52. The maximum absolute atomic E-state index is 4.46. The first kappa shape index (κ1) is 11.5. The third-order valence-electron chi connectivity index (χ3n) is 3.15. The zero-order valence-electron chi connectivity index (χ0n) is 10.3. The zero-order valence-corrected chi connectivity index (χ0v) is 11.9. The molecule has 2 aromatic heterocycles. The third kappa shape index (κ3) is 1.85. The van der Waals surface area contributed by atoms with E-state index >= 15 is 0 Å². The highest BCUT2D eigenvalue weighted by Crippen LogP contribution is 2.28. The van der Waals surface area contributed by atoms with Crippen molar-refractivity contribution in [1.82, 2.24) is 9.55 Å². The monoisotopic (exact) mass is 300 g/mol. The molecular formula is C15H13BrN2. The van der Waals surface area contributed by atoms with Gasteiger partial charge >= 0.3 is 0 Å². The SMILES string of the molecule is Cc1cccc(-c2cc3cc(Br)cnc3n2C)c1. The molecule has 0 bridgehead atoms. The van der Waals surface area contributed by atoms with Crippen LogP contribution in [0.5, 0.6) is 0 Å². The maximum atomic E-state index is 4.46. The van der Waals surface area contributed by atoms with Crippen LogP contribution in [0.1, 0.15) is 5.56 Å². The van der Waals surface area contributed by atoms with Gasteiger partial charge in [-0.3, -0.25) is 0 Å². The molecule has 0 radical (unpaired) electrons. The number of pyridine rings is 1. The molecule has 3 heteroatoms. The highest BCUT2D eigenvalue weighted by atomic mass is 79.9. The second kappa shape index (κ2) is 4.25. The number of rotatable bonds is 1. The minimum atomic E-state index is 1.01. The van der Waals surface area contributed by atoms with Crippen molar-refractivity contribution in [1.29, 1.82) is 0 Å². The number of benzene rings is 1. The van der Waals surface area contributed by atoms with Gasteiger partial charge in [-0.15, -0.1) is 0 Å². The van der Waals surface area contributed by atoms with E-state index in [-0.39, 0.29) is 0 Å². The van der Waals surface area contributed by atoms with E-state index in [0.717, 1.165) is 15.5 Å². The predicted molar refractivity (Wildman–Crippen MR) is 78.6 cm³/mol. The van der Waals surface area contributed by atoms with Crippen molar-refractivity contribution >= 4 is 27.0 Å². The summed E-state index contributed by atoms with van der Waals surface area (Å²) in [6.45, 7) is 2.11. The molecular weight excluding hydrogens is 288 g/mol. The Hall–Kier alpha value is -1.61. The quantitative estimate of drug-likeness (QED) is 0.655. The number of fused-ring (bicyclic) bond motifs is 1. The van der Waals surface area contributed by atoms with Crippen LogP contribution in [0.15, 0.2) is 47.1 Å². The van der Waals surface area contributed by atoms with Crippen LogP contribution >= 0.6 is 15.9 Å². The predicted octanol–water partition coefficient (Wildman–Crippen LogP) is 4.31. The van der Waals surface area contributed by atoms with Gasteiger partial charge in [0.05, 0.1) is 5.69 Å². The molecule has 3 aromatic rings. The second-order valence-corrected chi connectivity index (χ2v) is 5.44. The van der Waals surface area contributed by atoms with Gasteiger partial charge in [-0.1, -0.05) is 23.8 Å². The lowest BCUT2D eigenvalue weighted by atomic mass is 10.1. The van der Waals surface area contributed by atoms with Crippen molar-refractivity contribution in [2.45, 2.75) is 6.92 Å². The summed E-state index contributed by atoms with van der Waals surface area (Å²) in [6, 6.07) is 12.8. The van der Waals surface area contributed by atoms with Gasteiger partial charge < -0.3 is 4.57 Å². The smallest absolute Gasteiger partial charge is 0.140 e. The van der Waals surface area contributed by atoms with E-state index in [0.29, 0.717) is 0 Å². The van der Waals surface area contributed by atoms with Gasteiger partial charge in [0.1, 0.15) is 5.65 Å². The molecule has 3 rings (SSSR count). The number of hydrogen-bond acceptors (Lipinski definition) is 1. The first-order valence-corrected chi connectivity index (χ1v) is 6.62. The summed E-state index contributed by atoms with van der Waals surface area (Å²) in [5, 5.41) is 1.16. The number of aryl methyl sites for hydroxylation is 2. The van der Waals surface area contributed by atoms with Gasteiger partial charge in [0.15, 0.2) is 0 Å². The molecule has 0 unspecified atom stereocenters. The van der Waals surface area contributed by atoms with Crippen molar-refractivity contribution < 1.29 is 0 Å². The van der Waals surface area contributed by atoms with Crippen molar-refractivity contribution in [3.05, 3.63) is 52.6 Å². The van der Waals surface area contributed by atoms with Crippen LogP contribution in [0.25, 0.3) is 22.3 Å². The fourth-order valence-electron chi connectivity index (χ4n) is 2.27. The summed E-state index contributed by atoms with van der Waals surface area (Å²) in [5.74, 6) is 0. The highest BCUT2D eigenvalue weighted by molar-refractivity contribution is 9.10. The molecule has 0 saturated carbocycles. The Bertz CT molecular complexity index is 728. The van der Waals surface area contributed by atoms with E-state index in [9.17, 15) is 0 Å². The molecule has 0 fully saturated rings. The molecule has 0 spiro atoms. The Balaban J connectivity index is 2.27. The van der Waals surface area contributed by atoms with Crippen LogP contribution in [0.4, 0.5) is 0 Å². The first-order valence-electron chi connectivity index (χ1n) is 5.83. The Morgan fingerprint density at radius 3 is 2.78 bits per heavy atom. The van der Waals surface area contributed by atoms with Gasteiger partial charge in [0, 0.05) is 23.1 Å². The average molecular weight is 301 g/mol. The summed E-state index contributed by atoms with van der Waals surface area (Å²) in [5.41, 5.74) is 4.70. The van der Waals surface area contributed by atoms with E-state index < -0.39 is 0 Å². The van der Waals surface area contributed by atoms with Crippen LogP contribution in [-0.2, 0) is 7.05 Å². The third-order valence-corrected chi connectivity index (χ3v) is 3.58. The fourth-order valence-corrected chi connectivity index (χ4v) is 2.62. The molecule has 1 aromatic carbocycles. The van der Waals surface area contributed by atoms with Gasteiger partial charge in [-0.2, -0.15) is 0 Å². The van der Waals surface area contributed by atoms with Crippen molar-refractivity contribution in [3.8, 4) is 11.3 Å².